The lowest BCUT2D eigenvalue weighted by Gasteiger charge is -2.28. The van der Waals surface area contributed by atoms with E-state index < -0.39 is 0 Å². The second-order valence-electron chi connectivity index (χ2n) is 7.15. The average Bonchev–Trinajstić information content (AvgIpc) is 3.12. The number of anilines is 2. The Morgan fingerprint density at radius 3 is 2.58 bits per heavy atom. The Kier molecular flexibility index (Phi) is 9.69. The molecule has 1 aromatic rings. The van der Waals surface area contributed by atoms with Gasteiger partial charge in [0.05, 0.1) is 5.69 Å². The van der Waals surface area contributed by atoms with Crippen molar-refractivity contribution in [2.24, 2.45) is 11.8 Å². The normalized spacial score (nSPS) is 18.6. The third-order valence-corrected chi connectivity index (χ3v) is 5.40. The summed E-state index contributed by atoms with van der Waals surface area (Å²) < 4.78 is 14.3. The van der Waals surface area contributed by atoms with E-state index in [9.17, 15) is 9.18 Å². The van der Waals surface area contributed by atoms with Gasteiger partial charge in [0.25, 0.3) is 0 Å². The van der Waals surface area contributed by atoms with Crippen LogP contribution in [0.25, 0.3) is 0 Å². The number of hydrogen-bond donors (Lipinski definition) is 2. The molecule has 2 saturated heterocycles. The minimum Gasteiger partial charge on any atom is -0.370 e. The predicted molar refractivity (Wildman–Crippen MR) is 110 cm³/mol. The van der Waals surface area contributed by atoms with Crippen molar-refractivity contribution in [2.45, 2.75) is 39.0 Å². The van der Waals surface area contributed by atoms with E-state index in [1.807, 2.05) is 6.07 Å². The van der Waals surface area contributed by atoms with Crippen molar-refractivity contribution in [3.05, 3.63) is 24.0 Å². The van der Waals surface area contributed by atoms with Crippen molar-refractivity contribution in [3.63, 3.8) is 0 Å². The Balaban J connectivity index is 0.00000169. The minimum absolute atomic E-state index is 0. The first-order chi connectivity index (χ1) is 11.6. The lowest BCUT2D eigenvalue weighted by atomic mass is 9.84. The lowest BCUT2D eigenvalue weighted by Crippen LogP contribution is -2.32. The second-order valence-corrected chi connectivity index (χ2v) is 7.15. The Bertz CT molecular complexity index is 576. The molecule has 0 aromatic heterocycles. The van der Waals surface area contributed by atoms with Gasteiger partial charge >= 0.3 is 0 Å². The summed E-state index contributed by atoms with van der Waals surface area (Å²) in [4.78, 5) is 14.6. The molecule has 1 unspecified atom stereocenters. The highest BCUT2D eigenvalue weighted by Crippen LogP contribution is 2.32. The van der Waals surface area contributed by atoms with Crippen LogP contribution in [0.4, 0.5) is 15.8 Å². The highest BCUT2D eigenvalue weighted by molar-refractivity contribution is 5.94. The second kappa shape index (κ2) is 11.0. The summed E-state index contributed by atoms with van der Waals surface area (Å²) in [7, 11) is 0. The highest BCUT2D eigenvalue weighted by atomic mass is 35.5. The minimum atomic E-state index is -0.345. The zero-order valence-corrected chi connectivity index (χ0v) is 16.9. The van der Waals surface area contributed by atoms with Gasteiger partial charge in [-0.15, -0.1) is 24.8 Å². The highest BCUT2D eigenvalue weighted by Gasteiger charge is 2.24. The first-order valence-electron chi connectivity index (χ1n) is 9.19. The molecule has 0 radical (unpaired) electrons. The summed E-state index contributed by atoms with van der Waals surface area (Å²) in [5, 5.41) is 6.21. The van der Waals surface area contributed by atoms with Gasteiger partial charge in [-0.1, -0.05) is 13.0 Å². The number of benzene rings is 1. The zero-order chi connectivity index (χ0) is 16.9. The van der Waals surface area contributed by atoms with Gasteiger partial charge in [-0.05, 0) is 62.7 Å². The van der Waals surface area contributed by atoms with E-state index in [2.05, 4.69) is 22.5 Å². The largest absolute Gasteiger partial charge is 0.370 e. The number of carbonyl (C=O) groups excluding carboxylic acids is 1. The smallest absolute Gasteiger partial charge is 0.224 e. The molecule has 2 fully saturated rings. The van der Waals surface area contributed by atoms with Crippen molar-refractivity contribution in [1.82, 2.24) is 5.32 Å². The molecule has 0 saturated carbocycles. The summed E-state index contributed by atoms with van der Waals surface area (Å²) in [5.74, 6) is 0.485. The van der Waals surface area contributed by atoms with E-state index in [4.69, 9.17) is 0 Å². The Morgan fingerprint density at radius 1 is 1.27 bits per heavy atom. The lowest BCUT2D eigenvalue weighted by molar-refractivity contribution is -0.117. The fraction of sp³-hybridized carbons (Fsp3) is 0.632. The van der Waals surface area contributed by atoms with Gasteiger partial charge in [-0.2, -0.15) is 0 Å². The Morgan fingerprint density at radius 2 is 1.92 bits per heavy atom. The molecule has 4 nitrogen and oxygen atoms in total. The number of hydrogen-bond acceptors (Lipinski definition) is 3. The van der Waals surface area contributed by atoms with Crippen molar-refractivity contribution < 1.29 is 9.18 Å². The van der Waals surface area contributed by atoms with E-state index in [1.54, 1.807) is 6.07 Å². The standard InChI is InChI=1S/C19H28FN3O.2ClH/c1-14(15-7-9-21-10-8-15)13-18(24)22-19-16(20)5-4-6-17(19)23-11-2-3-12-23;;/h4-6,14-15,21H,2-3,7-13H2,1H3,(H,22,24);2*1H. The number of carbonyl (C=O) groups is 1. The van der Waals surface area contributed by atoms with Gasteiger partial charge in [-0.25, -0.2) is 4.39 Å². The molecule has 0 spiro atoms. The van der Waals surface area contributed by atoms with Crippen LogP contribution in [0.5, 0.6) is 0 Å². The quantitative estimate of drug-likeness (QED) is 0.769. The topological polar surface area (TPSA) is 44.4 Å². The van der Waals surface area contributed by atoms with Crippen LogP contribution >= 0.6 is 24.8 Å². The summed E-state index contributed by atoms with van der Waals surface area (Å²) in [6.07, 6.45) is 4.94. The number of nitrogens with zero attached hydrogens (tertiary/aromatic N) is 1. The van der Waals surface area contributed by atoms with Crippen molar-refractivity contribution in [3.8, 4) is 0 Å². The van der Waals surface area contributed by atoms with E-state index >= 15 is 0 Å². The van der Waals surface area contributed by atoms with Gasteiger partial charge in [0, 0.05) is 19.5 Å². The van der Waals surface area contributed by atoms with Crippen LogP contribution in [-0.4, -0.2) is 32.1 Å². The van der Waals surface area contributed by atoms with E-state index in [0.717, 1.165) is 57.5 Å². The van der Waals surface area contributed by atoms with E-state index in [-0.39, 0.29) is 36.5 Å². The van der Waals surface area contributed by atoms with Crippen LogP contribution in [0.15, 0.2) is 18.2 Å². The van der Waals surface area contributed by atoms with Crippen LogP contribution in [0.1, 0.15) is 39.0 Å². The molecule has 0 bridgehead atoms. The zero-order valence-electron chi connectivity index (χ0n) is 15.3. The van der Waals surface area contributed by atoms with E-state index in [0.29, 0.717) is 23.9 Å². The van der Waals surface area contributed by atoms with Gasteiger partial charge in [0.15, 0.2) is 0 Å². The van der Waals surface area contributed by atoms with Crippen molar-refractivity contribution >= 4 is 42.1 Å². The van der Waals surface area contributed by atoms with Crippen molar-refractivity contribution in [1.29, 1.82) is 0 Å². The number of para-hydroxylation sites is 1. The molecule has 1 atom stereocenters. The average molecular weight is 406 g/mol. The molecule has 2 heterocycles. The molecule has 3 rings (SSSR count). The molecular weight excluding hydrogens is 376 g/mol. The predicted octanol–water partition coefficient (Wildman–Crippen LogP) is 4.23. The van der Waals surface area contributed by atoms with Gasteiger partial charge < -0.3 is 15.5 Å². The third kappa shape index (κ3) is 5.73. The summed E-state index contributed by atoms with van der Waals surface area (Å²) in [6, 6.07) is 5.04. The number of rotatable bonds is 5. The number of halogens is 3. The summed E-state index contributed by atoms with van der Waals surface area (Å²) >= 11 is 0. The molecule has 0 aliphatic carbocycles. The fourth-order valence-electron chi connectivity index (χ4n) is 3.92. The van der Waals surface area contributed by atoms with Crippen molar-refractivity contribution in [2.75, 3.05) is 36.4 Å². The number of nitrogens with one attached hydrogen (secondary N) is 2. The van der Waals surface area contributed by atoms with Crippen LogP contribution in [-0.2, 0) is 4.79 Å². The van der Waals surface area contributed by atoms with Gasteiger partial charge in [0.2, 0.25) is 5.91 Å². The van der Waals surface area contributed by atoms with Crippen LogP contribution in [0.2, 0.25) is 0 Å². The molecule has 1 aromatic carbocycles. The fourth-order valence-corrected chi connectivity index (χ4v) is 3.92. The maximum Gasteiger partial charge on any atom is 0.224 e. The monoisotopic (exact) mass is 405 g/mol. The molecule has 148 valence electrons. The maximum atomic E-state index is 14.3. The number of piperidine rings is 1. The molecule has 2 aliphatic heterocycles. The Labute approximate surface area is 168 Å². The first kappa shape index (κ1) is 23.0. The first-order valence-corrected chi connectivity index (χ1v) is 9.19. The molecule has 7 heteroatoms. The Hall–Kier alpha value is -1.04. The van der Waals surface area contributed by atoms with Crippen LogP contribution in [0.3, 0.4) is 0 Å². The van der Waals surface area contributed by atoms with Gasteiger partial charge in [0.1, 0.15) is 11.5 Å². The van der Waals surface area contributed by atoms with E-state index in [1.165, 1.54) is 6.07 Å². The SMILES string of the molecule is CC(CC(=O)Nc1c(F)cccc1N1CCCC1)C1CCNCC1.Cl.Cl. The summed E-state index contributed by atoms with van der Waals surface area (Å²) in [5.41, 5.74) is 1.16. The molecule has 26 heavy (non-hydrogen) atoms. The number of amides is 1. The molecular formula is C19H30Cl2FN3O. The molecule has 2 aliphatic rings. The third-order valence-electron chi connectivity index (χ3n) is 5.40. The van der Waals surface area contributed by atoms with Crippen LogP contribution < -0.4 is 15.5 Å². The van der Waals surface area contributed by atoms with Crippen LogP contribution in [0, 0.1) is 17.7 Å². The maximum absolute atomic E-state index is 14.3. The summed E-state index contributed by atoms with van der Waals surface area (Å²) in [6.45, 7) is 6.06. The molecule has 1 amide bonds. The molecule has 2 N–H and O–H groups in total. The van der Waals surface area contributed by atoms with Gasteiger partial charge in [-0.3, -0.25) is 4.79 Å².